The van der Waals surface area contributed by atoms with Gasteiger partial charge in [0.2, 0.25) is 0 Å². The minimum absolute atomic E-state index is 0.411. The Morgan fingerprint density at radius 3 is 2.59 bits per heavy atom. The van der Waals surface area contributed by atoms with Crippen molar-refractivity contribution >= 4 is 0 Å². The number of rotatable bonds is 3. The molecule has 0 bridgehead atoms. The lowest BCUT2D eigenvalue weighted by Crippen LogP contribution is -2.34. The summed E-state index contributed by atoms with van der Waals surface area (Å²) in [6.07, 6.45) is 0. The summed E-state index contributed by atoms with van der Waals surface area (Å²) < 4.78 is 0. The van der Waals surface area contributed by atoms with Crippen molar-refractivity contribution < 1.29 is 5.11 Å². The van der Waals surface area contributed by atoms with Crippen LogP contribution < -0.4 is 0 Å². The van der Waals surface area contributed by atoms with Crippen LogP contribution in [0.5, 0.6) is 5.75 Å². The Labute approximate surface area is 104 Å². The lowest BCUT2D eigenvalue weighted by atomic mass is 10.1. The van der Waals surface area contributed by atoms with Crippen molar-refractivity contribution in [3.05, 3.63) is 29.8 Å². The number of para-hydroxylation sites is 1. The van der Waals surface area contributed by atoms with Crippen LogP contribution in [0.3, 0.4) is 0 Å². The third kappa shape index (κ3) is 2.79. The predicted octanol–water partition coefficient (Wildman–Crippen LogP) is 1.77. The molecule has 0 radical (unpaired) electrons. The standard InChI is InChI=1S/C14H22N2O/c1-11-8-16(10-13(11)15(2)3)9-12-6-4-5-7-14(12)17/h4-7,11,13,17H,8-10H2,1-3H3. The number of phenolic OH excluding ortho intramolecular Hbond substituents is 1. The molecule has 2 rings (SSSR count). The first-order valence-electron chi connectivity index (χ1n) is 6.23. The molecule has 2 unspecified atom stereocenters. The minimum atomic E-state index is 0.411. The molecule has 1 aliphatic rings. The van der Waals surface area contributed by atoms with Crippen LogP contribution >= 0.6 is 0 Å². The van der Waals surface area contributed by atoms with E-state index in [0.29, 0.717) is 17.7 Å². The summed E-state index contributed by atoms with van der Waals surface area (Å²) in [6, 6.07) is 8.24. The highest BCUT2D eigenvalue weighted by molar-refractivity contribution is 5.31. The van der Waals surface area contributed by atoms with Crippen LogP contribution in [0.25, 0.3) is 0 Å². The fraction of sp³-hybridized carbons (Fsp3) is 0.571. The average molecular weight is 234 g/mol. The maximum atomic E-state index is 9.77. The second kappa shape index (κ2) is 5.07. The first kappa shape index (κ1) is 12.4. The molecule has 3 nitrogen and oxygen atoms in total. The van der Waals surface area contributed by atoms with Crippen LogP contribution in [0, 0.1) is 5.92 Å². The molecule has 1 aliphatic heterocycles. The van der Waals surface area contributed by atoms with Crippen LogP contribution in [-0.2, 0) is 6.54 Å². The largest absolute Gasteiger partial charge is 0.508 e. The fourth-order valence-electron chi connectivity index (χ4n) is 2.73. The van der Waals surface area contributed by atoms with Crippen molar-refractivity contribution in [3.63, 3.8) is 0 Å². The van der Waals surface area contributed by atoms with E-state index in [0.717, 1.165) is 25.2 Å². The minimum Gasteiger partial charge on any atom is -0.508 e. The normalized spacial score (nSPS) is 25.6. The average Bonchev–Trinajstić information content (AvgIpc) is 2.63. The van der Waals surface area contributed by atoms with E-state index in [-0.39, 0.29) is 0 Å². The predicted molar refractivity (Wildman–Crippen MR) is 70.0 cm³/mol. The Hall–Kier alpha value is -1.06. The van der Waals surface area contributed by atoms with Crippen LogP contribution in [0.15, 0.2) is 24.3 Å². The highest BCUT2D eigenvalue weighted by atomic mass is 16.3. The summed E-state index contributed by atoms with van der Waals surface area (Å²) >= 11 is 0. The van der Waals surface area contributed by atoms with Crippen molar-refractivity contribution in [2.75, 3.05) is 27.2 Å². The van der Waals surface area contributed by atoms with Crippen molar-refractivity contribution in [1.29, 1.82) is 0 Å². The molecule has 94 valence electrons. The van der Waals surface area contributed by atoms with Gasteiger partial charge in [-0.25, -0.2) is 0 Å². The van der Waals surface area contributed by atoms with Gasteiger partial charge in [0.1, 0.15) is 5.75 Å². The van der Waals surface area contributed by atoms with Crippen molar-refractivity contribution in [3.8, 4) is 5.75 Å². The maximum Gasteiger partial charge on any atom is 0.120 e. The molecule has 2 atom stereocenters. The third-order valence-corrected chi connectivity index (χ3v) is 3.70. The molecule has 17 heavy (non-hydrogen) atoms. The molecule has 0 saturated carbocycles. The zero-order chi connectivity index (χ0) is 12.4. The maximum absolute atomic E-state index is 9.77. The zero-order valence-corrected chi connectivity index (χ0v) is 10.9. The number of nitrogens with zero attached hydrogens (tertiary/aromatic N) is 2. The Balaban J connectivity index is 2.00. The van der Waals surface area contributed by atoms with E-state index in [2.05, 4.69) is 30.8 Å². The van der Waals surface area contributed by atoms with Gasteiger partial charge in [0, 0.05) is 31.2 Å². The number of likely N-dealkylation sites (N-methyl/N-ethyl adjacent to an activating group) is 1. The fourth-order valence-corrected chi connectivity index (χ4v) is 2.73. The van der Waals surface area contributed by atoms with Crippen molar-refractivity contribution in [2.45, 2.75) is 19.5 Å². The van der Waals surface area contributed by atoms with Gasteiger partial charge in [0.05, 0.1) is 0 Å². The molecule has 0 aromatic heterocycles. The quantitative estimate of drug-likeness (QED) is 0.863. The van der Waals surface area contributed by atoms with Crippen LogP contribution in [-0.4, -0.2) is 48.1 Å². The molecule has 1 fully saturated rings. The van der Waals surface area contributed by atoms with E-state index in [9.17, 15) is 5.11 Å². The SMILES string of the molecule is CC1CN(Cc2ccccc2O)CC1N(C)C. The highest BCUT2D eigenvalue weighted by Gasteiger charge is 2.30. The molecule has 1 heterocycles. The number of aromatic hydroxyl groups is 1. The van der Waals surface area contributed by atoms with Crippen LogP contribution in [0.2, 0.25) is 0 Å². The van der Waals surface area contributed by atoms with Gasteiger partial charge in [-0.1, -0.05) is 25.1 Å². The molecule has 0 aliphatic carbocycles. The number of hydrogen-bond donors (Lipinski definition) is 1. The Morgan fingerprint density at radius 1 is 1.29 bits per heavy atom. The van der Waals surface area contributed by atoms with E-state index in [1.165, 1.54) is 0 Å². The second-order valence-electron chi connectivity index (χ2n) is 5.33. The molecule has 1 saturated heterocycles. The van der Waals surface area contributed by atoms with Crippen LogP contribution in [0.1, 0.15) is 12.5 Å². The molecule has 0 amide bonds. The van der Waals surface area contributed by atoms with E-state index >= 15 is 0 Å². The Morgan fingerprint density at radius 2 is 2.00 bits per heavy atom. The monoisotopic (exact) mass is 234 g/mol. The third-order valence-electron chi connectivity index (χ3n) is 3.70. The molecule has 1 aromatic carbocycles. The number of likely N-dealkylation sites (tertiary alicyclic amines) is 1. The van der Waals surface area contributed by atoms with Gasteiger partial charge in [-0.3, -0.25) is 4.90 Å². The van der Waals surface area contributed by atoms with Gasteiger partial charge in [-0.05, 0) is 26.1 Å². The number of benzene rings is 1. The summed E-state index contributed by atoms with van der Waals surface area (Å²) in [6.45, 7) is 5.34. The lowest BCUT2D eigenvalue weighted by Gasteiger charge is -2.22. The Bertz CT molecular complexity index is 378. The van der Waals surface area contributed by atoms with Crippen molar-refractivity contribution in [2.24, 2.45) is 5.92 Å². The van der Waals surface area contributed by atoms with Gasteiger partial charge in [0.15, 0.2) is 0 Å². The summed E-state index contributed by atoms with van der Waals surface area (Å²) in [5, 5.41) is 9.77. The molecule has 3 heteroatoms. The van der Waals surface area contributed by atoms with Gasteiger partial charge in [-0.2, -0.15) is 0 Å². The zero-order valence-electron chi connectivity index (χ0n) is 10.9. The molecule has 0 spiro atoms. The van der Waals surface area contributed by atoms with Gasteiger partial charge in [-0.15, -0.1) is 0 Å². The molecule has 1 N–H and O–H groups in total. The summed E-state index contributed by atoms with van der Waals surface area (Å²) in [4.78, 5) is 4.72. The summed E-state index contributed by atoms with van der Waals surface area (Å²) in [7, 11) is 4.29. The Kier molecular flexibility index (Phi) is 3.69. The van der Waals surface area contributed by atoms with E-state index < -0.39 is 0 Å². The topological polar surface area (TPSA) is 26.7 Å². The van der Waals surface area contributed by atoms with E-state index in [1.807, 2.05) is 18.2 Å². The van der Waals surface area contributed by atoms with Gasteiger partial charge >= 0.3 is 0 Å². The van der Waals surface area contributed by atoms with Crippen LogP contribution in [0.4, 0.5) is 0 Å². The summed E-state index contributed by atoms with van der Waals surface area (Å²) in [5.41, 5.74) is 1.03. The van der Waals surface area contributed by atoms with E-state index in [4.69, 9.17) is 0 Å². The molecule has 1 aromatic rings. The first-order chi connectivity index (χ1) is 8.08. The lowest BCUT2D eigenvalue weighted by molar-refractivity contribution is 0.249. The van der Waals surface area contributed by atoms with Crippen molar-refractivity contribution in [1.82, 2.24) is 9.80 Å². The first-order valence-corrected chi connectivity index (χ1v) is 6.23. The molecular formula is C14H22N2O. The number of hydrogen-bond acceptors (Lipinski definition) is 3. The highest BCUT2D eigenvalue weighted by Crippen LogP contribution is 2.24. The van der Waals surface area contributed by atoms with E-state index in [1.54, 1.807) is 6.07 Å². The van der Waals surface area contributed by atoms with Gasteiger partial charge < -0.3 is 10.0 Å². The smallest absolute Gasteiger partial charge is 0.120 e. The second-order valence-corrected chi connectivity index (χ2v) is 5.33. The van der Waals surface area contributed by atoms with Gasteiger partial charge in [0.25, 0.3) is 0 Å². The summed E-state index contributed by atoms with van der Waals surface area (Å²) in [5.74, 6) is 1.10. The number of phenols is 1. The molecular weight excluding hydrogens is 212 g/mol.